The van der Waals surface area contributed by atoms with Crippen LogP contribution in [0.15, 0.2) is 24.3 Å². The normalized spacial score (nSPS) is 22.7. The van der Waals surface area contributed by atoms with Gasteiger partial charge in [-0.05, 0) is 43.7 Å². The van der Waals surface area contributed by atoms with E-state index in [0.29, 0.717) is 0 Å². The van der Waals surface area contributed by atoms with Crippen molar-refractivity contribution in [2.24, 2.45) is 5.73 Å². The Labute approximate surface area is 117 Å². The van der Waals surface area contributed by atoms with Crippen LogP contribution in [0.5, 0.6) is 0 Å². The van der Waals surface area contributed by atoms with Crippen LogP contribution in [0.4, 0.5) is 5.69 Å². The van der Waals surface area contributed by atoms with Crippen molar-refractivity contribution in [3.05, 3.63) is 29.8 Å². The predicted octanol–water partition coefficient (Wildman–Crippen LogP) is 3.49. The standard InChI is InChI=1S/C17H26N2/c18-14-17(11-5-1-6-12-17)19-13-7-4-9-15-8-2-3-10-16(15)19/h2-3,8,10H,1,4-7,9,11-14,18H2. The molecule has 0 atom stereocenters. The van der Waals surface area contributed by atoms with Crippen LogP contribution in [0.2, 0.25) is 0 Å². The summed E-state index contributed by atoms with van der Waals surface area (Å²) in [6, 6.07) is 8.98. The Morgan fingerprint density at radius 3 is 2.58 bits per heavy atom. The first-order chi connectivity index (χ1) is 9.36. The molecule has 2 aliphatic rings. The fraction of sp³-hybridized carbons (Fsp3) is 0.647. The molecule has 19 heavy (non-hydrogen) atoms. The van der Waals surface area contributed by atoms with E-state index in [9.17, 15) is 0 Å². The molecule has 1 fully saturated rings. The summed E-state index contributed by atoms with van der Waals surface area (Å²) < 4.78 is 0. The molecule has 2 N–H and O–H groups in total. The molecule has 0 aromatic heterocycles. The topological polar surface area (TPSA) is 29.3 Å². The van der Waals surface area contributed by atoms with Gasteiger partial charge in [-0.15, -0.1) is 0 Å². The number of anilines is 1. The molecule has 0 radical (unpaired) electrons. The summed E-state index contributed by atoms with van der Waals surface area (Å²) in [7, 11) is 0. The Morgan fingerprint density at radius 2 is 1.79 bits per heavy atom. The van der Waals surface area contributed by atoms with Crippen LogP contribution in [0.1, 0.15) is 50.5 Å². The number of benzene rings is 1. The van der Waals surface area contributed by atoms with E-state index in [1.165, 1.54) is 69.2 Å². The Morgan fingerprint density at radius 1 is 1.00 bits per heavy atom. The fourth-order valence-corrected chi connectivity index (χ4v) is 3.98. The Bertz CT molecular complexity index is 421. The molecule has 1 aliphatic heterocycles. The summed E-state index contributed by atoms with van der Waals surface area (Å²) >= 11 is 0. The molecule has 104 valence electrons. The Kier molecular flexibility index (Phi) is 3.79. The second-order valence-electron chi connectivity index (χ2n) is 6.23. The van der Waals surface area contributed by atoms with Crippen molar-refractivity contribution in [1.29, 1.82) is 0 Å². The van der Waals surface area contributed by atoms with Crippen molar-refractivity contribution in [2.75, 3.05) is 18.0 Å². The molecule has 2 heteroatoms. The van der Waals surface area contributed by atoms with Crippen LogP contribution < -0.4 is 10.6 Å². The van der Waals surface area contributed by atoms with Crippen LogP contribution >= 0.6 is 0 Å². The first-order valence-electron chi connectivity index (χ1n) is 7.91. The van der Waals surface area contributed by atoms with Crippen LogP contribution in [0.3, 0.4) is 0 Å². The zero-order chi connectivity index (χ0) is 13.1. The van der Waals surface area contributed by atoms with Crippen molar-refractivity contribution in [3.63, 3.8) is 0 Å². The number of hydrogen-bond acceptors (Lipinski definition) is 2. The van der Waals surface area contributed by atoms with Gasteiger partial charge in [0.1, 0.15) is 0 Å². The molecule has 0 spiro atoms. The monoisotopic (exact) mass is 258 g/mol. The van der Waals surface area contributed by atoms with E-state index in [-0.39, 0.29) is 5.54 Å². The fourth-order valence-electron chi connectivity index (χ4n) is 3.98. The number of aryl methyl sites for hydroxylation is 1. The molecule has 3 rings (SSSR count). The van der Waals surface area contributed by atoms with Gasteiger partial charge in [0.2, 0.25) is 0 Å². The quantitative estimate of drug-likeness (QED) is 0.880. The van der Waals surface area contributed by atoms with Crippen molar-refractivity contribution in [2.45, 2.75) is 56.9 Å². The molecule has 2 nitrogen and oxygen atoms in total. The molecule has 1 aromatic carbocycles. The van der Waals surface area contributed by atoms with Gasteiger partial charge in [0.05, 0.1) is 5.54 Å². The van der Waals surface area contributed by atoms with Crippen molar-refractivity contribution >= 4 is 5.69 Å². The highest BCUT2D eigenvalue weighted by Gasteiger charge is 2.37. The van der Waals surface area contributed by atoms with Crippen LogP contribution in [0.25, 0.3) is 0 Å². The lowest BCUT2D eigenvalue weighted by molar-refractivity contribution is 0.280. The summed E-state index contributed by atoms with van der Waals surface area (Å²) in [4.78, 5) is 2.68. The maximum atomic E-state index is 6.24. The third-order valence-corrected chi connectivity index (χ3v) is 5.10. The average Bonchev–Trinajstić information content (AvgIpc) is 2.70. The summed E-state index contributed by atoms with van der Waals surface area (Å²) in [6.07, 6.45) is 10.5. The molecular weight excluding hydrogens is 232 g/mol. The summed E-state index contributed by atoms with van der Waals surface area (Å²) in [5.41, 5.74) is 9.46. The van der Waals surface area contributed by atoms with Gasteiger partial charge >= 0.3 is 0 Å². The highest BCUT2D eigenvalue weighted by atomic mass is 15.2. The second-order valence-corrected chi connectivity index (χ2v) is 6.23. The molecule has 1 heterocycles. The summed E-state index contributed by atoms with van der Waals surface area (Å²) in [5.74, 6) is 0. The first kappa shape index (κ1) is 13.0. The lowest BCUT2D eigenvalue weighted by atomic mass is 9.79. The number of para-hydroxylation sites is 1. The maximum absolute atomic E-state index is 6.24. The molecular formula is C17H26N2. The third kappa shape index (κ3) is 2.38. The van der Waals surface area contributed by atoms with Gasteiger partial charge in [0.15, 0.2) is 0 Å². The van der Waals surface area contributed by atoms with Gasteiger partial charge in [-0.3, -0.25) is 0 Å². The zero-order valence-electron chi connectivity index (χ0n) is 11.9. The minimum Gasteiger partial charge on any atom is -0.364 e. The molecule has 1 aromatic rings. The number of nitrogens with zero attached hydrogens (tertiary/aromatic N) is 1. The molecule has 1 saturated carbocycles. The summed E-state index contributed by atoms with van der Waals surface area (Å²) in [6.45, 7) is 2.00. The molecule has 0 unspecified atom stereocenters. The van der Waals surface area contributed by atoms with E-state index in [2.05, 4.69) is 29.2 Å². The van der Waals surface area contributed by atoms with E-state index < -0.39 is 0 Å². The van der Waals surface area contributed by atoms with Gasteiger partial charge in [-0.2, -0.15) is 0 Å². The van der Waals surface area contributed by atoms with Gasteiger partial charge < -0.3 is 10.6 Å². The van der Waals surface area contributed by atoms with E-state index in [4.69, 9.17) is 5.73 Å². The Balaban J connectivity index is 1.98. The Hall–Kier alpha value is -1.02. The number of hydrogen-bond donors (Lipinski definition) is 1. The molecule has 1 aliphatic carbocycles. The SMILES string of the molecule is NCC1(N2CCCCc3ccccc32)CCCCC1. The maximum Gasteiger partial charge on any atom is 0.0524 e. The van der Waals surface area contributed by atoms with E-state index in [1.54, 1.807) is 0 Å². The van der Waals surface area contributed by atoms with Crippen LogP contribution in [0, 0.1) is 0 Å². The van der Waals surface area contributed by atoms with Crippen molar-refractivity contribution in [3.8, 4) is 0 Å². The lowest BCUT2D eigenvalue weighted by Crippen LogP contribution is -2.55. The summed E-state index contributed by atoms with van der Waals surface area (Å²) in [5, 5.41) is 0. The number of nitrogens with two attached hydrogens (primary N) is 1. The molecule has 0 bridgehead atoms. The van der Waals surface area contributed by atoms with Crippen molar-refractivity contribution < 1.29 is 0 Å². The number of rotatable bonds is 2. The smallest absolute Gasteiger partial charge is 0.0524 e. The van der Waals surface area contributed by atoms with E-state index >= 15 is 0 Å². The van der Waals surface area contributed by atoms with Crippen LogP contribution in [-0.2, 0) is 6.42 Å². The van der Waals surface area contributed by atoms with Gasteiger partial charge in [-0.25, -0.2) is 0 Å². The van der Waals surface area contributed by atoms with E-state index in [1.807, 2.05) is 0 Å². The zero-order valence-corrected chi connectivity index (χ0v) is 11.9. The van der Waals surface area contributed by atoms with E-state index in [0.717, 1.165) is 6.54 Å². The highest BCUT2D eigenvalue weighted by Crippen LogP contribution is 2.39. The average molecular weight is 258 g/mol. The molecule has 0 saturated heterocycles. The van der Waals surface area contributed by atoms with Gasteiger partial charge in [0, 0.05) is 18.8 Å². The molecule has 0 amide bonds. The minimum atomic E-state index is 0.235. The number of fused-ring (bicyclic) bond motifs is 1. The van der Waals surface area contributed by atoms with Crippen LogP contribution in [-0.4, -0.2) is 18.6 Å². The van der Waals surface area contributed by atoms with Gasteiger partial charge in [-0.1, -0.05) is 37.5 Å². The third-order valence-electron chi connectivity index (χ3n) is 5.10. The van der Waals surface area contributed by atoms with Crippen molar-refractivity contribution in [1.82, 2.24) is 0 Å². The minimum absolute atomic E-state index is 0.235. The largest absolute Gasteiger partial charge is 0.364 e. The second kappa shape index (κ2) is 5.54. The lowest BCUT2D eigenvalue weighted by Gasteiger charge is -2.47. The first-order valence-corrected chi connectivity index (χ1v) is 7.91. The van der Waals surface area contributed by atoms with Gasteiger partial charge in [0.25, 0.3) is 0 Å². The highest BCUT2D eigenvalue weighted by molar-refractivity contribution is 5.56. The predicted molar refractivity (Wildman–Crippen MR) is 81.6 cm³/mol.